The van der Waals surface area contributed by atoms with Crippen LogP contribution < -0.4 is 4.74 Å². The molecular weight excluding hydrogens is 196 g/mol. The topological polar surface area (TPSA) is 9.23 Å². The largest absolute Gasteiger partial charge is 0.495 e. The van der Waals surface area contributed by atoms with Crippen molar-refractivity contribution >= 4 is 11.6 Å². The van der Waals surface area contributed by atoms with Crippen LogP contribution in [0.4, 0.5) is 0 Å². The van der Waals surface area contributed by atoms with Crippen molar-refractivity contribution in [3.63, 3.8) is 0 Å². The van der Waals surface area contributed by atoms with E-state index < -0.39 is 0 Å². The smallest absolute Gasteiger partial charge is 0.137 e. The van der Waals surface area contributed by atoms with Crippen molar-refractivity contribution in [2.24, 2.45) is 0 Å². The molecule has 2 heteroatoms. The van der Waals surface area contributed by atoms with E-state index in [1.54, 1.807) is 7.11 Å². The van der Waals surface area contributed by atoms with Crippen molar-refractivity contribution in [2.75, 3.05) is 7.11 Å². The summed E-state index contributed by atoms with van der Waals surface area (Å²) in [5.41, 5.74) is 1.24. The van der Waals surface area contributed by atoms with Gasteiger partial charge in [-0.2, -0.15) is 0 Å². The fraction of sp³-hybridized carbons (Fsp3) is 0.333. The minimum atomic E-state index is 0.686. The molecule has 0 atom stereocenters. The van der Waals surface area contributed by atoms with Crippen molar-refractivity contribution in [3.05, 3.63) is 40.9 Å². The van der Waals surface area contributed by atoms with Gasteiger partial charge in [-0.1, -0.05) is 29.8 Å². The number of methoxy groups -OCH3 is 1. The van der Waals surface area contributed by atoms with E-state index in [1.807, 2.05) is 25.1 Å². The Bertz CT molecular complexity index is 318. The molecule has 0 aliphatic rings. The first-order chi connectivity index (χ1) is 6.77. The minimum Gasteiger partial charge on any atom is -0.495 e. The summed E-state index contributed by atoms with van der Waals surface area (Å²) in [6.07, 6.45) is 6.29. The Balaban J connectivity index is 2.66. The summed E-state index contributed by atoms with van der Waals surface area (Å²) in [5, 5.41) is 0.686. The van der Waals surface area contributed by atoms with Crippen molar-refractivity contribution in [1.82, 2.24) is 0 Å². The Kier molecular flexibility index (Phi) is 4.54. The average molecular weight is 211 g/mol. The van der Waals surface area contributed by atoms with Gasteiger partial charge in [0.05, 0.1) is 12.1 Å². The maximum Gasteiger partial charge on any atom is 0.137 e. The van der Waals surface area contributed by atoms with Crippen LogP contribution in [0, 0.1) is 0 Å². The van der Waals surface area contributed by atoms with Crippen LogP contribution in [0.5, 0.6) is 5.75 Å². The highest BCUT2D eigenvalue weighted by Gasteiger charge is 2.00. The third kappa shape index (κ3) is 3.08. The molecule has 0 bridgehead atoms. The van der Waals surface area contributed by atoms with E-state index in [4.69, 9.17) is 16.3 Å². The molecule has 0 amide bonds. The molecule has 0 N–H and O–H groups in total. The van der Waals surface area contributed by atoms with Gasteiger partial charge in [-0.05, 0) is 37.5 Å². The third-order valence-corrected chi connectivity index (χ3v) is 2.35. The van der Waals surface area contributed by atoms with E-state index in [-0.39, 0.29) is 0 Å². The molecule has 0 aliphatic carbocycles. The predicted octanol–water partition coefficient (Wildman–Crippen LogP) is 3.86. The first kappa shape index (κ1) is 11.1. The average Bonchev–Trinajstić information content (AvgIpc) is 2.18. The van der Waals surface area contributed by atoms with Gasteiger partial charge in [-0.25, -0.2) is 0 Å². The van der Waals surface area contributed by atoms with E-state index in [2.05, 4.69) is 12.2 Å². The zero-order chi connectivity index (χ0) is 10.4. The van der Waals surface area contributed by atoms with Crippen LogP contribution in [0.2, 0.25) is 5.02 Å². The number of halogens is 1. The summed E-state index contributed by atoms with van der Waals surface area (Å²) in [6, 6.07) is 5.92. The SMILES string of the molecule is C/C=C\CCc1ccc(OC)c(Cl)c1. The second-order valence-electron chi connectivity index (χ2n) is 3.08. The van der Waals surface area contributed by atoms with Gasteiger partial charge in [0.2, 0.25) is 0 Å². The molecule has 0 saturated carbocycles. The van der Waals surface area contributed by atoms with Gasteiger partial charge in [0.25, 0.3) is 0 Å². The van der Waals surface area contributed by atoms with Gasteiger partial charge in [0.15, 0.2) is 0 Å². The summed E-state index contributed by atoms with van der Waals surface area (Å²) < 4.78 is 5.08. The molecule has 1 aromatic rings. The lowest BCUT2D eigenvalue weighted by molar-refractivity contribution is 0.415. The van der Waals surface area contributed by atoms with E-state index in [0.717, 1.165) is 18.6 Å². The normalized spacial score (nSPS) is 10.8. The van der Waals surface area contributed by atoms with Crippen LogP contribution in [-0.4, -0.2) is 7.11 Å². The highest BCUT2D eigenvalue weighted by atomic mass is 35.5. The lowest BCUT2D eigenvalue weighted by Crippen LogP contribution is -1.87. The second kappa shape index (κ2) is 5.71. The fourth-order valence-electron chi connectivity index (χ4n) is 1.28. The van der Waals surface area contributed by atoms with Gasteiger partial charge < -0.3 is 4.74 Å². The first-order valence-corrected chi connectivity index (χ1v) is 5.09. The highest BCUT2D eigenvalue weighted by molar-refractivity contribution is 6.32. The predicted molar refractivity (Wildman–Crippen MR) is 61.1 cm³/mol. The third-order valence-electron chi connectivity index (χ3n) is 2.05. The molecule has 1 aromatic carbocycles. The fourth-order valence-corrected chi connectivity index (χ4v) is 1.56. The van der Waals surface area contributed by atoms with E-state index in [9.17, 15) is 0 Å². The summed E-state index contributed by atoms with van der Waals surface area (Å²) in [4.78, 5) is 0. The highest BCUT2D eigenvalue weighted by Crippen LogP contribution is 2.25. The molecule has 14 heavy (non-hydrogen) atoms. The molecule has 1 nitrogen and oxygen atoms in total. The number of ether oxygens (including phenoxy) is 1. The molecule has 0 heterocycles. The number of rotatable bonds is 4. The molecule has 0 fully saturated rings. The van der Waals surface area contributed by atoms with Crippen LogP contribution >= 0.6 is 11.6 Å². The summed E-state index contributed by atoms with van der Waals surface area (Å²) in [7, 11) is 1.63. The van der Waals surface area contributed by atoms with Crippen LogP contribution in [0.15, 0.2) is 30.4 Å². The molecule has 0 radical (unpaired) electrons. The van der Waals surface area contributed by atoms with Crippen LogP contribution in [-0.2, 0) is 6.42 Å². The van der Waals surface area contributed by atoms with E-state index >= 15 is 0 Å². The molecule has 0 aromatic heterocycles. The van der Waals surface area contributed by atoms with Crippen molar-refractivity contribution in [3.8, 4) is 5.75 Å². The van der Waals surface area contributed by atoms with Crippen LogP contribution in [0.1, 0.15) is 18.9 Å². The number of aryl methyl sites for hydroxylation is 1. The lowest BCUT2D eigenvalue weighted by atomic mass is 10.1. The molecule has 0 aliphatic heterocycles. The van der Waals surface area contributed by atoms with Crippen molar-refractivity contribution < 1.29 is 4.74 Å². The van der Waals surface area contributed by atoms with E-state index in [1.165, 1.54) is 5.56 Å². The molecule has 0 unspecified atom stereocenters. The Morgan fingerprint density at radius 2 is 2.21 bits per heavy atom. The van der Waals surface area contributed by atoms with Crippen LogP contribution in [0.25, 0.3) is 0 Å². The lowest BCUT2D eigenvalue weighted by Gasteiger charge is -2.04. The number of benzene rings is 1. The Morgan fingerprint density at radius 3 is 2.79 bits per heavy atom. The number of hydrogen-bond donors (Lipinski definition) is 0. The standard InChI is InChI=1S/C12H15ClO/c1-3-4-5-6-10-7-8-12(14-2)11(13)9-10/h3-4,7-9H,5-6H2,1-2H3/b4-3-. The first-order valence-electron chi connectivity index (χ1n) is 4.71. The summed E-state index contributed by atoms with van der Waals surface area (Å²) in [6.45, 7) is 2.03. The van der Waals surface area contributed by atoms with Crippen molar-refractivity contribution in [2.45, 2.75) is 19.8 Å². The quantitative estimate of drug-likeness (QED) is 0.686. The summed E-state index contributed by atoms with van der Waals surface area (Å²) in [5.74, 6) is 0.737. The Hall–Kier alpha value is -0.950. The number of hydrogen-bond acceptors (Lipinski definition) is 1. The van der Waals surface area contributed by atoms with Gasteiger partial charge >= 0.3 is 0 Å². The minimum absolute atomic E-state index is 0.686. The molecule has 0 saturated heterocycles. The maximum atomic E-state index is 6.00. The van der Waals surface area contributed by atoms with Gasteiger partial charge in [0, 0.05) is 0 Å². The zero-order valence-corrected chi connectivity index (χ0v) is 9.34. The molecule has 1 rings (SSSR count). The van der Waals surface area contributed by atoms with Gasteiger partial charge in [0.1, 0.15) is 5.75 Å². The van der Waals surface area contributed by atoms with E-state index in [0.29, 0.717) is 5.02 Å². The summed E-state index contributed by atoms with van der Waals surface area (Å²) >= 11 is 6.00. The molecular formula is C12H15ClO. The number of allylic oxidation sites excluding steroid dienone is 2. The molecule has 0 spiro atoms. The van der Waals surface area contributed by atoms with Gasteiger partial charge in [-0.15, -0.1) is 0 Å². The second-order valence-corrected chi connectivity index (χ2v) is 3.48. The monoisotopic (exact) mass is 210 g/mol. The van der Waals surface area contributed by atoms with Crippen LogP contribution in [0.3, 0.4) is 0 Å². The van der Waals surface area contributed by atoms with Gasteiger partial charge in [-0.3, -0.25) is 0 Å². The van der Waals surface area contributed by atoms with Crippen molar-refractivity contribution in [1.29, 1.82) is 0 Å². The zero-order valence-electron chi connectivity index (χ0n) is 8.59. The maximum absolute atomic E-state index is 6.00. The Labute approximate surface area is 90.3 Å². The molecule has 76 valence electrons. The Morgan fingerprint density at radius 1 is 1.43 bits per heavy atom.